The highest BCUT2D eigenvalue weighted by Gasteiger charge is 2.30. The lowest BCUT2D eigenvalue weighted by atomic mass is 9.90. The molecule has 1 aliphatic carbocycles. The lowest BCUT2D eigenvalue weighted by Gasteiger charge is -2.15. The van der Waals surface area contributed by atoms with Crippen LogP contribution in [0.25, 0.3) is 11.0 Å². The smallest absolute Gasteiger partial charge is 0.232 e. The summed E-state index contributed by atoms with van der Waals surface area (Å²) in [5.41, 5.74) is 2.07. The number of furan rings is 1. The van der Waals surface area contributed by atoms with E-state index in [1.165, 1.54) is 13.2 Å². The van der Waals surface area contributed by atoms with Gasteiger partial charge in [-0.25, -0.2) is 0 Å². The maximum absolute atomic E-state index is 12.3. The fourth-order valence-electron chi connectivity index (χ4n) is 2.44. The Labute approximate surface area is 109 Å². The average Bonchev–Trinajstić information content (AvgIpc) is 2.75. The van der Waals surface area contributed by atoms with Crippen LogP contribution in [0.15, 0.2) is 28.4 Å². The predicted molar refractivity (Wildman–Crippen MR) is 69.4 cm³/mol. The van der Waals surface area contributed by atoms with Gasteiger partial charge in [-0.2, -0.15) is 0 Å². The highest BCUT2D eigenvalue weighted by atomic mass is 16.5. The van der Waals surface area contributed by atoms with Gasteiger partial charge in [0.1, 0.15) is 11.3 Å². The summed E-state index contributed by atoms with van der Waals surface area (Å²) >= 11 is 0. The number of carbonyl (C=O) groups is 2. The van der Waals surface area contributed by atoms with Crippen LogP contribution in [0, 0.1) is 13.8 Å². The Balaban J connectivity index is 2.43. The lowest BCUT2D eigenvalue weighted by molar-refractivity contribution is 0.0917. The molecule has 0 saturated carbocycles. The van der Waals surface area contributed by atoms with E-state index in [4.69, 9.17) is 9.15 Å². The molecule has 4 nitrogen and oxygen atoms in total. The van der Waals surface area contributed by atoms with Crippen molar-refractivity contribution in [3.05, 3.63) is 46.4 Å². The van der Waals surface area contributed by atoms with Crippen molar-refractivity contribution in [1.29, 1.82) is 0 Å². The molecule has 96 valence electrons. The topological polar surface area (TPSA) is 56.5 Å². The van der Waals surface area contributed by atoms with Gasteiger partial charge in [0.05, 0.1) is 12.7 Å². The van der Waals surface area contributed by atoms with Crippen molar-refractivity contribution in [1.82, 2.24) is 0 Å². The zero-order valence-electron chi connectivity index (χ0n) is 10.9. The van der Waals surface area contributed by atoms with Crippen LogP contribution in [-0.4, -0.2) is 18.7 Å². The molecule has 19 heavy (non-hydrogen) atoms. The molecule has 0 unspecified atom stereocenters. The number of ether oxygens (including phenoxy) is 1. The van der Waals surface area contributed by atoms with Crippen molar-refractivity contribution < 1.29 is 18.7 Å². The van der Waals surface area contributed by atoms with Gasteiger partial charge in [0.15, 0.2) is 11.5 Å². The van der Waals surface area contributed by atoms with Crippen molar-refractivity contribution in [2.24, 2.45) is 0 Å². The fourth-order valence-corrected chi connectivity index (χ4v) is 2.44. The highest BCUT2D eigenvalue weighted by molar-refractivity contribution is 6.27. The van der Waals surface area contributed by atoms with Gasteiger partial charge in [-0.15, -0.1) is 0 Å². The van der Waals surface area contributed by atoms with Crippen molar-refractivity contribution in [3.63, 3.8) is 0 Å². The second-order valence-corrected chi connectivity index (χ2v) is 4.62. The Morgan fingerprint density at radius 3 is 2.58 bits per heavy atom. The normalized spacial score (nSPS) is 14.6. The first-order valence-electron chi connectivity index (χ1n) is 5.91. The van der Waals surface area contributed by atoms with Crippen LogP contribution in [0.3, 0.4) is 0 Å². The fraction of sp³-hybridized carbons (Fsp3) is 0.200. The Hall–Kier alpha value is -2.36. The number of allylic oxidation sites excluding steroid dienone is 2. The molecule has 2 aromatic rings. The molecule has 1 aliphatic rings. The van der Waals surface area contributed by atoms with E-state index in [0.29, 0.717) is 22.5 Å². The lowest BCUT2D eigenvalue weighted by Crippen LogP contribution is -2.18. The number of ketones is 2. The van der Waals surface area contributed by atoms with Crippen LogP contribution in [0.4, 0.5) is 0 Å². The molecule has 0 aliphatic heterocycles. The van der Waals surface area contributed by atoms with Crippen molar-refractivity contribution >= 4 is 22.5 Å². The first kappa shape index (κ1) is 11.7. The van der Waals surface area contributed by atoms with E-state index in [9.17, 15) is 9.59 Å². The monoisotopic (exact) mass is 256 g/mol. The molecule has 0 saturated heterocycles. The summed E-state index contributed by atoms with van der Waals surface area (Å²) in [4.78, 5) is 24.4. The number of methoxy groups -OCH3 is 1. The second-order valence-electron chi connectivity index (χ2n) is 4.62. The third kappa shape index (κ3) is 1.53. The summed E-state index contributed by atoms with van der Waals surface area (Å²) in [5, 5.41) is 0.856. The minimum Gasteiger partial charge on any atom is -0.492 e. The summed E-state index contributed by atoms with van der Waals surface area (Å²) in [6.07, 6.45) is 1.23. The van der Waals surface area contributed by atoms with Gasteiger partial charge in [0.2, 0.25) is 5.78 Å². The molecular weight excluding hydrogens is 244 g/mol. The van der Waals surface area contributed by atoms with Gasteiger partial charge < -0.3 is 9.15 Å². The predicted octanol–water partition coefficient (Wildman–Crippen LogP) is 2.96. The highest BCUT2D eigenvalue weighted by Crippen LogP contribution is 2.33. The maximum atomic E-state index is 12.3. The van der Waals surface area contributed by atoms with Gasteiger partial charge in [0.25, 0.3) is 0 Å². The molecule has 0 radical (unpaired) electrons. The number of fused-ring (bicyclic) bond motifs is 3. The third-order valence-electron chi connectivity index (χ3n) is 3.34. The quantitative estimate of drug-likeness (QED) is 0.787. The Morgan fingerprint density at radius 2 is 1.89 bits per heavy atom. The van der Waals surface area contributed by atoms with Crippen molar-refractivity contribution in [2.75, 3.05) is 7.11 Å². The van der Waals surface area contributed by atoms with Crippen LogP contribution in [0.1, 0.15) is 32.0 Å². The summed E-state index contributed by atoms with van der Waals surface area (Å²) in [6.45, 7) is 3.71. The summed E-state index contributed by atoms with van der Waals surface area (Å²) < 4.78 is 10.6. The molecule has 4 heteroatoms. The molecule has 3 rings (SSSR count). The van der Waals surface area contributed by atoms with E-state index >= 15 is 0 Å². The zero-order valence-corrected chi connectivity index (χ0v) is 10.9. The van der Waals surface area contributed by atoms with Crippen molar-refractivity contribution in [2.45, 2.75) is 13.8 Å². The molecule has 0 N–H and O–H groups in total. The zero-order chi connectivity index (χ0) is 13.7. The summed E-state index contributed by atoms with van der Waals surface area (Å²) in [6, 6.07) is 3.60. The molecule has 0 fully saturated rings. The summed E-state index contributed by atoms with van der Waals surface area (Å²) in [7, 11) is 1.38. The van der Waals surface area contributed by atoms with E-state index < -0.39 is 0 Å². The molecular formula is C15H12O4. The molecule has 0 spiro atoms. The number of hydrogen-bond donors (Lipinski definition) is 0. The van der Waals surface area contributed by atoms with Gasteiger partial charge in [-0.3, -0.25) is 9.59 Å². The van der Waals surface area contributed by atoms with Crippen molar-refractivity contribution in [3.8, 4) is 0 Å². The summed E-state index contributed by atoms with van der Waals surface area (Å²) in [5.74, 6) is 0.221. The number of benzene rings is 1. The number of rotatable bonds is 1. The largest absolute Gasteiger partial charge is 0.492 e. The molecule has 1 aromatic heterocycles. The molecule has 1 heterocycles. The third-order valence-corrected chi connectivity index (χ3v) is 3.34. The number of aryl methyl sites for hydroxylation is 2. The molecule has 0 atom stereocenters. The van der Waals surface area contributed by atoms with Gasteiger partial charge in [-0.05, 0) is 31.5 Å². The molecule has 0 amide bonds. The second kappa shape index (κ2) is 3.82. The minimum atomic E-state index is -0.309. The van der Waals surface area contributed by atoms with Crippen LogP contribution < -0.4 is 0 Å². The molecule has 1 aromatic carbocycles. The van der Waals surface area contributed by atoms with E-state index in [-0.39, 0.29) is 17.3 Å². The Morgan fingerprint density at radius 1 is 1.16 bits per heavy atom. The average molecular weight is 256 g/mol. The molecule has 0 bridgehead atoms. The van der Waals surface area contributed by atoms with Gasteiger partial charge in [-0.1, -0.05) is 0 Å². The van der Waals surface area contributed by atoms with E-state index in [2.05, 4.69) is 0 Å². The van der Waals surface area contributed by atoms with Crippen LogP contribution in [0.5, 0.6) is 0 Å². The Kier molecular flexibility index (Phi) is 2.35. The number of carbonyl (C=O) groups excluding carboxylic acids is 2. The minimum absolute atomic E-state index is 0.0525. The standard InChI is InChI=1S/C15H12O4/c1-7-4-10-11(16)6-12(18-3)14(17)13(10)15-9(7)5-8(2)19-15/h4-6H,1-3H3. The first-order valence-corrected chi connectivity index (χ1v) is 5.91. The van der Waals surface area contributed by atoms with E-state index in [1.807, 2.05) is 19.9 Å². The van der Waals surface area contributed by atoms with Crippen LogP contribution >= 0.6 is 0 Å². The van der Waals surface area contributed by atoms with E-state index in [1.54, 1.807) is 6.07 Å². The number of hydrogen-bond acceptors (Lipinski definition) is 4. The Bertz CT molecular complexity index is 762. The maximum Gasteiger partial charge on any atom is 0.232 e. The van der Waals surface area contributed by atoms with E-state index in [0.717, 1.165) is 10.9 Å². The van der Waals surface area contributed by atoms with Gasteiger partial charge >= 0.3 is 0 Å². The van der Waals surface area contributed by atoms with Crippen LogP contribution in [0.2, 0.25) is 0 Å². The van der Waals surface area contributed by atoms with Gasteiger partial charge in [0, 0.05) is 17.0 Å². The SMILES string of the molecule is COC1=CC(=O)c2cc(C)c3cc(C)oc3c2C1=O. The first-order chi connectivity index (χ1) is 9.02. The van der Waals surface area contributed by atoms with Crippen LogP contribution in [-0.2, 0) is 4.74 Å². The number of Topliss-reactive ketones (excluding diaryl/α,β-unsaturated/α-hetero) is 1.